The van der Waals surface area contributed by atoms with Crippen LogP contribution in [0, 0.1) is 13.8 Å². The molecule has 0 radical (unpaired) electrons. The number of hydrogen-bond acceptors (Lipinski definition) is 4. The number of nitrogens with zero attached hydrogens (tertiary/aromatic N) is 1. The first kappa shape index (κ1) is 21.9. The number of thiazole rings is 1. The number of para-hydroxylation sites is 1. The third-order valence-electron chi connectivity index (χ3n) is 4.63. The summed E-state index contributed by atoms with van der Waals surface area (Å²) in [4.78, 5) is 17.1. The highest BCUT2D eigenvalue weighted by atomic mass is 35.5. The lowest BCUT2D eigenvalue weighted by atomic mass is 10.1. The van der Waals surface area contributed by atoms with Gasteiger partial charge in [-0.1, -0.05) is 46.9 Å². The molecular weight excluding hydrogens is 475 g/mol. The fourth-order valence-electron chi connectivity index (χ4n) is 3.12. The molecule has 0 atom stereocenters. The Hall–Kier alpha value is -2.31. The lowest BCUT2D eigenvalue weighted by molar-refractivity contribution is -0.118. The number of amides is 1. The second kappa shape index (κ2) is 9.05. The van der Waals surface area contributed by atoms with Crippen molar-refractivity contribution < 1.29 is 9.53 Å². The summed E-state index contributed by atoms with van der Waals surface area (Å²) in [5.41, 5.74) is 3.81. The standard InChI is InChI=1S/C23H17Cl3N2O2S/c1-12-7-14(8-13(2)22(12)26)30-11-21(29)27-19-9-15(16(24)10-17(19)25)23-28-18-5-3-4-6-20(18)31-23/h3-10H,11H2,1-2H3,(H,27,29). The molecule has 0 aliphatic rings. The van der Waals surface area contributed by atoms with E-state index in [0.717, 1.165) is 26.4 Å². The highest BCUT2D eigenvalue weighted by molar-refractivity contribution is 7.21. The predicted octanol–water partition coefficient (Wildman–Crippen LogP) is 7.56. The average molecular weight is 492 g/mol. The van der Waals surface area contributed by atoms with E-state index in [2.05, 4.69) is 10.3 Å². The molecule has 0 aliphatic carbocycles. The lowest BCUT2D eigenvalue weighted by Gasteiger charge is -2.12. The number of halogens is 3. The van der Waals surface area contributed by atoms with Gasteiger partial charge in [-0.2, -0.15) is 0 Å². The number of ether oxygens (including phenoxy) is 1. The Bertz CT molecular complexity index is 1250. The maximum Gasteiger partial charge on any atom is 0.262 e. The van der Waals surface area contributed by atoms with Gasteiger partial charge < -0.3 is 10.1 Å². The van der Waals surface area contributed by atoms with Gasteiger partial charge in [0.25, 0.3) is 5.91 Å². The van der Waals surface area contributed by atoms with Gasteiger partial charge in [-0.15, -0.1) is 11.3 Å². The summed E-state index contributed by atoms with van der Waals surface area (Å²) in [7, 11) is 0. The van der Waals surface area contributed by atoms with Gasteiger partial charge >= 0.3 is 0 Å². The van der Waals surface area contributed by atoms with Gasteiger partial charge in [0, 0.05) is 10.6 Å². The SMILES string of the molecule is Cc1cc(OCC(=O)Nc2cc(-c3nc4ccccc4s3)c(Cl)cc2Cl)cc(C)c1Cl. The van der Waals surface area contributed by atoms with Crippen LogP contribution in [0.3, 0.4) is 0 Å². The zero-order valence-electron chi connectivity index (χ0n) is 16.6. The number of benzene rings is 3. The molecule has 0 fully saturated rings. The molecule has 0 saturated carbocycles. The maximum absolute atomic E-state index is 12.5. The molecule has 4 aromatic rings. The molecule has 4 rings (SSSR count). The van der Waals surface area contributed by atoms with Gasteiger partial charge in [0.15, 0.2) is 6.61 Å². The summed E-state index contributed by atoms with van der Waals surface area (Å²) in [6, 6.07) is 14.8. The van der Waals surface area contributed by atoms with E-state index >= 15 is 0 Å². The van der Waals surface area contributed by atoms with Crippen LogP contribution in [0.1, 0.15) is 11.1 Å². The summed E-state index contributed by atoms with van der Waals surface area (Å²) in [6.45, 7) is 3.61. The largest absolute Gasteiger partial charge is 0.484 e. The molecule has 1 N–H and O–H groups in total. The molecule has 0 spiro atoms. The topological polar surface area (TPSA) is 51.2 Å². The minimum absolute atomic E-state index is 0.171. The van der Waals surface area contributed by atoms with Crippen LogP contribution in [0.5, 0.6) is 5.75 Å². The Morgan fingerprint density at radius 3 is 2.45 bits per heavy atom. The Labute approximate surface area is 198 Å². The maximum atomic E-state index is 12.5. The van der Waals surface area contributed by atoms with Crippen LogP contribution >= 0.6 is 46.1 Å². The van der Waals surface area contributed by atoms with Gasteiger partial charge in [0.2, 0.25) is 0 Å². The molecule has 8 heteroatoms. The van der Waals surface area contributed by atoms with Gasteiger partial charge in [-0.05, 0) is 61.4 Å². The average Bonchev–Trinajstić information content (AvgIpc) is 3.16. The summed E-state index contributed by atoms with van der Waals surface area (Å²) in [5, 5.41) is 5.03. The van der Waals surface area contributed by atoms with Crippen molar-refractivity contribution in [1.82, 2.24) is 4.98 Å². The van der Waals surface area contributed by atoms with Gasteiger partial charge in [0.1, 0.15) is 10.8 Å². The molecule has 31 heavy (non-hydrogen) atoms. The zero-order chi connectivity index (χ0) is 22.1. The number of carbonyl (C=O) groups excluding carboxylic acids is 1. The van der Waals surface area contributed by atoms with Crippen LogP contribution in [0.4, 0.5) is 5.69 Å². The van der Waals surface area contributed by atoms with Gasteiger partial charge in [0.05, 0.1) is 25.9 Å². The molecule has 0 bridgehead atoms. The number of anilines is 1. The number of hydrogen-bond donors (Lipinski definition) is 1. The summed E-state index contributed by atoms with van der Waals surface area (Å²) < 4.78 is 6.68. The summed E-state index contributed by atoms with van der Waals surface area (Å²) in [5.74, 6) is 0.233. The lowest BCUT2D eigenvalue weighted by Crippen LogP contribution is -2.20. The normalized spacial score (nSPS) is 11.0. The van der Waals surface area contributed by atoms with Crippen LogP contribution < -0.4 is 10.1 Å². The van der Waals surface area contributed by atoms with Crippen LogP contribution in [0.2, 0.25) is 15.1 Å². The van der Waals surface area contributed by atoms with Crippen LogP contribution in [0.15, 0.2) is 48.5 Å². The number of fused-ring (bicyclic) bond motifs is 1. The molecule has 0 unspecified atom stereocenters. The fourth-order valence-corrected chi connectivity index (χ4v) is 4.80. The van der Waals surface area contributed by atoms with Crippen molar-refractivity contribution >= 4 is 68.0 Å². The molecule has 1 aromatic heterocycles. The number of aryl methyl sites for hydroxylation is 2. The van der Waals surface area contributed by atoms with E-state index in [9.17, 15) is 4.79 Å². The molecule has 1 amide bonds. The molecule has 1 heterocycles. The molecular formula is C23H17Cl3N2O2S. The third kappa shape index (κ3) is 4.80. The highest BCUT2D eigenvalue weighted by Gasteiger charge is 2.15. The van der Waals surface area contributed by atoms with Crippen LogP contribution in [-0.2, 0) is 4.79 Å². The quantitative estimate of drug-likeness (QED) is 0.313. The molecule has 0 saturated heterocycles. The Kier molecular flexibility index (Phi) is 6.39. The van der Waals surface area contributed by atoms with Crippen molar-refractivity contribution in [3.05, 3.63) is 74.7 Å². The summed E-state index contributed by atoms with van der Waals surface area (Å²) in [6.07, 6.45) is 0. The van der Waals surface area contributed by atoms with Gasteiger partial charge in [-0.25, -0.2) is 4.98 Å². The minimum atomic E-state index is -0.343. The van der Waals surface area contributed by atoms with Crippen molar-refractivity contribution in [3.8, 4) is 16.3 Å². The van der Waals surface area contributed by atoms with Crippen molar-refractivity contribution in [2.75, 3.05) is 11.9 Å². The Morgan fingerprint density at radius 1 is 1.03 bits per heavy atom. The van der Waals surface area contributed by atoms with Crippen molar-refractivity contribution in [1.29, 1.82) is 0 Å². The smallest absolute Gasteiger partial charge is 0.262 e. The predicted molar refractivity (Wildman–Crippen MR) is 130 cm³/mol. The molecule has 158 valence electrons. The first-order chi connectivity index (χ1) is 14.8. The first-order valence-corrected chi connectivity index (χ1v) is 11.3. The zero-order valence-corrected chi connectivity index (χ0v) is 19.7. The van der Waals surface area contributed by atoms with Crippen molar-refractivity contribution in [3.63, 3.8) is 0 Å². The second-order valence-corrected chi connectivity index (χ2v) is 9.23. The van der Waals surface area contributed by atoms with Crippen LogP contribution in [-0.4, -0.2) is 17.5 Å². The van der Waals surface area contributed by atoms with E-state index < -0.39 is 0 Å². The van der Waals surface area contributed by atoms with E-state index in [1.165, 1.54) is 11.3 Å². The Morgan fingerprint density at radius 2 is 1.74 bits per heavy atom. The van der Waals surface area contributed by atoms with E-state index in [4.69, 9.17) is 39.5 Å². The minimum Gasteiger partial charge on any atom is -0.484 e. The molecule has 4 nitrogen and oxygen atoms in total. The monoisotopic (exact) mass is 490 g/mol. The number of aromatic nitrogens is 1. The van der Waals surface area contributed by atoms with E-state index in [1.807, 2.05) is 38.1 Å². The third-order valence-corrected chi connectivity index (χ3v) is 6.93. The Balaban J connectivity index is 1.53. The number of rotatable bonds is 5. The molecule has 3 aromatic carbocycles. The van der Waals surface area contributed by atoms with Crippen LogP contribution in [0.25, 0.3) is 20.8 Å². The highest BCUT2D eigenvalue weighted by Crippen LogP contribution is 2.39. The van der Waals surface area contributed by atoms with E-state index in [-0.39, 0.29) is 12.5 Å². The number of nitrogens with one attached hydrogen (secondary N) is 1. The second-order valence-electron chi connectivity index (χ2n) is 7.01. The first-order valence-electron chi connectivity index (χ1n) is 9.36. The number of carbonyl (C=O) groups is 1. The van der Waals surface area contributed by atoms with Crippen molar-refractivity contribution in [2.24, 2.45) is 0 Å². The summed E-state index contributed by atoms with van der Waals surface area (Å²) >= 11 is 20.4. The van der Waals surface area contributed by atoms with E-state index in [1.54, 1.807) is 24.3 Å². The molecule has 0 aliphatic heterocycles. The van der Waals surface area contributed by atoms with E-state index in [0.29, 0.717) is 32.1 Å². The van der Waals surface area contributed by atoms with Gasteiger partial charge in [-0.3, -0.25) is 4.79 Å². The van der Waals surface area contributed by atoms with Crippen molar-refractivity contribution in [2.45, 2.75) is 13.8 Å². The fraction of sp³-hybridized carbons (Fsp3) is 0.130.